The Balaban J connectivity index is 1.87. The normalized spacial score (nSPS) is 11.7. The van der Waals surface area contributed by atoms with Crippen molar-refractivity contribution in [2.45, 2.75) is 19.4 Å². The van der Waals surface area contributed by atoms with E-state index in [1.165, 1.54) is 5.56 Å². The molecule has 0 bridgehead atoms. The van der Waals surface area contributed by atoms with Crippen LogP contribution in [0.5, 0.6) is 0 Å². The van der Waals surface area contributed by atoms with Gasteiger partial charge in [0.15, 0.2) is 0 Å². The molecule has 0 aliphatic rings. The van der Waals surface area contributed by atoms with Gasteiger partial charge in [0.1, 0.15) is 5.84 Å². The Morgan fingerprint density at radius 1 is 1.35 bits per heavy atom. The van der Waals surface area contributed by atoms with Gasteiger partial charge in [-0.25, -0.2) is 4.68 Å². The molecule has 4 N–H and O–H groups in total. The number of nitrogens with zero attached hydrogens (tertiary/aromatic N) is 3. The lowest BCUT2D eigenvalue weighted by Crippen LogP contribution is -2.19. The third kappa shape index (κ3) is 3.83. The Bertz CT molecular complexity index is 550. The van der Waals surface area contributed by atoms with Gasteiger partial charge in [-0.1, -0.05) is 23.4 Å². The minimum atomic E-state index is 0.267. The molecule has 6 nitrogen and oxygen atoms in total. The highest BCUT2D eigenvalue weighted by atomic mass is 16.4. The summed E-state index contributed by atoms with van der Waals surface area (Å²) in [6.07, 6.45) is 5.11. The number of para-hydroxylation sites is 1. The molecule has 6 heteroatoms. The van der Waals surface area contributed by atoms with E-state index in [1.807, 2.05) is 35.1 Å². The summed E-state index contributed by atoms with van der Waals surface area (Å²) in [4.78, 5) is 0. The van der Waals surface area contributed by atoms with Gasteiger partial charge in [-0.3, -0.25) is 0 Å². The minimum absolute atomic E-state index is 0.267. The lowest BCUT2D eigenvalue weighted by molar-refractivity contribution is 0.316. The molecule has 1 aromatic carbocycles. The van der Waals surface area contributed by atoms with Crippen molar-refractivity contribution in [1.29, 1.82) is 0 Å². The van der Waals surface area contributed by atoms with E-state index in [9.17, 15) is 0 Å². The Morgan fingerprint density at radius 2 is 2.20 bits per heavy atom. The van der Waals surface area contributed by atoms with Crippen LogP contribution in [-0.2, 0) is 6.54 Å². The van der Waals surface area contributed by atoms with Gasteiger partial charge in [-0.05, 0) is 30.7 Å². The van der Waals surface area contributed by atoms with E-state index in [1.54, 1.807) is 6.20 Å². The Kier molecular flexibility index (Phi) is 5.14. The fourth-order valence-electron chi connectivity index (χ4n) is 1.96. The van der Waals surface area contributed by atoms with Gasteiger partial charge in [-0.15, -0.1) is 0 Å². The summed E-state index contributed by atoms with van der Waals surface area (Å²) in [7, 11) is 0. The second-order valence-corrected chi connectivity index (χ2v) is 4.45. The fourth-order valence-corrected chi connectivity index (χ4v) is 1.96. The van der Waals surface area contributed by atoms with E-state index in [4.69, 9.17) is 10.9 Å². The van der Waals surface area contributed by atoms with Crippen LogP contribution in [-0.4, -0.2) is 27.4 Å². The standard InChI is InChI=1S/C14H19N5O/c15-14(18-20)7-3-8-16-11-12-5-1-2-6-13(12)19-10-4-9-17-19/h1-2,4-6,9-10,16,20H,3,7-8,11H2,(H2,15,18). The molecule has 0 atom stereocenters. The highest BCUT2D eigenvalue weighted by Gasteiger charge is 2.03. The zero-order valence-corrected chi connectivity index (χ0v) is 11.2. The maximum Gasteiger partial charge on any atom is 0.139 e. The van der Waals surface area contributed by atoms with Crippen molar-refractivity contribution >= 4 is 5.84 Å². The Morgan fingerprint density at radius 3 is 2.95 bits per heavy atom. The van der Waals surface area contributed by atoms with Crippen LogP contribution in [0, 0.1) is 0 Å². The molecule has 2 rings (SSSR count). The number of rotatable bonds is 7. The van der Waals surface area contributed by atoms with Crippen LogP contribution in [0.1, 0.15) is 18.4 Å². The van der Waals surface area contributed by atoms with Crippen LogP contribution in [0.15, 0.2) is 47.9 Å². The van der Waals surface area contributed by atoms with E-state index in [0.717, 1.165) is 25.2 Å². The predicted molar refractivity (Wildman–Crippen MR) is 77.9 cm³/mol. The molecule has 1 aromatic heterocycles. The van der Waals surface area contributed by atoms with Crippen molar-refractivity contribution in [3.05, 3.63) is 48.3 Å². The second kappa shape index (κ2) is 7.30. The van der Waals surface area contributed by atoms with Gasteiger partial charge in [-0.2, -0.15) is 5.10 Å². The molecule has 0 saturated carbocycles. The van der Waals surface area contributed by atoms with Crippen molar-refractivity contribution in [3.63, 3.8) is 0 Å². The molecule has 0 saturated heterocycles. The van der Waals surface area contributed by atoms with Crippen LogP contribution in [0.2, 0.25) is 0 Å². The van der Waals surface area contributed by atoms with Gasteiger partial charge < -0.3 is 16.3 Å². The first-order valence-electron chi connectivity index (χ1n) is 6.56. The molecule has 0 aliphatic heterocycles. The van der Waals surface area contributed by atoms with Crippen LogP contribution in [0.3, 0.4) is 0 Å². The van der Waals surface area contributed by atoms with Crippen molar-refractivity contribution in [3.8, 4) is 5.69 Å². The van der Waals surface area contributed by atoms with Gasteiger partial charge in [0.2, 0.25) is 0 Å². The predicted octanol–water partition coefficient (Wildman–Crippen LogP) is 1.49. The Labute approximate surface area is 117 Å². The van der Waals surface area contributed by atoms with E-state index in [-0.39, 0.29) is 5.84 Å². The number of nitrogens with one attached hydrogen (secondary N) is 1. The van der Waals surface area contributed by atoms with Crippen molar-refractivity contribution in [2.75, 3.05) is 6.54 Å². The highest BCUT2D eigenvalue weighted by Crippen LogP contribution is 2.12. The summed E-state index contributed by atoms with van der Waals surface area (Å²) in [6.45, 7) is 1.57. The molecule has 0 spiro atoms. The monoisotopic (exact) mass is 273 g/mol. The minimum Gasteiger partial charge on any atom is -0.409 e. The first kappa shape index (κ1) is 14.1. The fraction of sp³-hybridized carbons (Fsp3) is 0.286. The number of hydrogen-bond donors (Lipinski definition) is 3. The van der Waals surface area contributed by atoms with Gasteiger partial charge in [0.25, 0.3) is 0 Å². The number of aromatic nitrogens is 2. The number of hydrogen-bond acceptors (Lipinski definition) is 4. The lowest BCUT2D eigenvalue weighted by atomic mass is 10.1. The summed E-state index contributed by atoms with van der Waals surface area (Å²) in [5, 5.41) is 19.0. The zero-order valence-electron chi connectivity index (χ0n) is 11.2. The molecule has 0 radical (unpaired) electrons. The second-order valence-electron chi connectivity index (χ2n) is 4.45. The van der Waals surface area contributed by atoms with Crippen LogP contribution in [0.25, 0.3) is 5.69 Å². The maximum absolute atomic E-state index is 8.44. The van der Waals surface area contributed by atoms with E-state index in [2.05, 4.69) is 21.6 Å². The smallest absolute Gasteiger partial charge is 0.139 e. The quantitative estimate of drug-likeness (QED) is 0.234. The van der Waals surface area contributed by atoms with Gasteiger partial charge >= 0.3 is 0 Å². The van der Waals surface area contributed by atoms with E-state index in [0.29, 0.717) is 6.42 Å². The molecular weight excluding hydrogens is 254 g/mol. The average Bonchev–Trinajstić information content (AvgIpc) is 3.01. The summed E-state index contributed by atoms with van der Waals surface area (Å²) >= 11 is 0. The molecule has 0 aliphatic carbocycles. The highest BCUT2D eigenvalue weighted by molar-refractivity contribution is 5.79. The number of nitrogens with two attached hydrogens (primary N) is 1. The lowest BCUT2D eigenvalue weighted by Gasteiger charge is -2.10. The molecule has 2 aromatic rings. The molecule has 0 unspecified atom stereocenters. The molecule has 106 valence electrons. The molecule has 1 heterocycles. The van der Waals surface area contributed by atoms with E-state index >= 15 is 0 Å². The summed E-state index contributed by atoms with van der Waals surface area (Å²) in [5.74, 6) is 0.267. The van der Waals surface area contributed by atoms with Gasteiger partial charge in [0, 0.05) is 25.4 Å². The topological polar surface area (TPSA) is 88.5 Å². The molecule has 0 fully saturated rings. The number of benzene rings is 1. The zero-order chi connectivity index (χ0) is 14.2. The first-order chi connectivity index (χ1) is 9.81. The third-order valence-electron chi connectivity index (χ3n) is 2.97. The number of amidine groups is 1. The molecular formula is C14H19N5O. The van der Waals surface area contributed by atoms with Crippen LogP contribution in [0.4, 0.5) is 0 Å². The van der Waals surface area contributed by atoms with E-state index < -0.39 is 0 Å². The molecule has 20 heavy (non-hydrogen) atoms. The van der Waals surface area contributed by atoms with Crippen molar-refractivity contribution in [1.82, 2.24) is 15.1 Å². The Hall–Kier alpha value is -2.34. The summed E-state index contributed by atoms with van der Waals surface area (Å²) in [5.41, 5.74) is 7.67. The molecule has 0 amide bonds. The third-order valence-corrected chi connectivity index (χ3v) is 2.97. The summed E-state index contributed by atoms with van der Waals surface area (Å²) in [6, 6.07) is 10.0. The largest absolute Gasteiger partial charge is 0.409 e. The summed E-state index contributed by atoms with van der Waals surface area (Å²) < 4.78 is 1.85. The van der Waals surface area contributed by atoms with Crippen LogP contribution >= 0.6 is 0 Å². The van der Waals surface area contributed by atoms with Gasteiger partial charge in [0.05, 0.1) is 5.69 Å². The maximum atomic E-state index is 8.44. The van der Waals surface area contributed by atoms with Crippen LogP contribution < -0.4 is 11.1 Å². The van der Waals surface area contributed by atoms with Crippen molar-refractivity contribution < 1.29 is 5.21 Å². The van der Waals surface area contributed by atoms with Crippen molar-refractivity contribution in [2.24, 2.45) is 10.9 Å². The average molecular weight is 273 g/mol. The SMILES string of the molecule is NC(CCCNCc1ccccc1-n1cccn1)=NO. The number of oxime groups is 1. The first-order valence-corrected chi connectivity index (χ1v) is 6.56.